The second kappa shape index (κ2) is 10.1. The zero-order valence-corrected chi connectivity index (χ0v) is 11.5. The quantitative estimate of drug-likeness (QED) is 0.583. The fourth-order valence-corrected chi connectivity index (χ4v) is 1.51. The molecule has 0 aliphatic rings. The molecule has 1 atom stereocenters. The molecule has 16 heavy (non-hydrogen) atoms. The molecule has 0 bridgehead atoms. The highest BCUT2D eigenvalue weighted by Gasteiger charge is 2.06. The largest absolute Gasteiger partial charge is 0.380 e. The van der Waals surface area contributed by atoms with Crippen LogP contribution in [0.15, 0.2) is 0 Å². The van der Waals surface area contributed by atoms with Crippen LogP contribution in [-0.2, 0) is 4.74 Å². The van der Waals surface area contributed by atoms with Gasteiger partial charge in [-0.1, -0.05) is 27.7 Å². The van der Waals surface area contributed by atoms with E-state index >= 15 is 0 Å². The molecule has 0 fully saturated rings. The van der Waals surface area contributed by atoms with Gasteiger partial charge in [-0.15, -0.1) is 0 Å². The Morgan fingerprint density at radius 1 is 1.19 bits per heavy atom. The molecule has 0 aliphatic heterocycles. The Kier molecular flexibility index (Phi) is 9.99. The zero-order valence-electron chi connectivity index (χ0n) is 11.5. The number of nitrogens with two attached hydrogens (primary N) is 1. The van der Waals surface area contributed by atoms with E-state index in [1.54, 1.807) is 0 Å². The normalized spacial score (nSPS) is 13.7. The predicted molar refractivity (Wildman–Crippen MR) is 70.6 cm³/mol. The second-order valence-corrected chi connectivity index (χ2v) is 5.03. The molecule has 98 valence electrons. The molecular weight excluding hydrogens is 200 g/mol. The van der Waals surface area contributed by atoms with Crippen molar-refractivity contribution in [3.63, 3.8) is 0 Å². The third-order valence-electron chi connectivity index (χ3n) is 2.81. The van der Waals surface area contributed by atoms with Crippen molar-refractivity contribution in [1.82, 2.24) is 4.90 Å². The van der Waals surface area contributed by atoms with E-state index in [-0.39, 0.29) is 0 Å². The molecule has 0 aliphatic carbocycles. The van der Waals surface area contributed by atoms with E-state index in [0.29, 0.717) is 5.92 Å². The number of likely N-dealkylation sites (N-methyl/N-ethyl adjacent to an activating group) is 1. The molecule has 0 saturated carbocycles. The van der Waals surface area contributed by atoms with E-state index in [2.05, 4.69) is 32.6 Å². The van der Waals surface area contributed by atoms with E-state index in [1.807, 2.05) is 0 Å². The summed E-state index contributed by atoms with van der Waals surface area (Å²) >= 11 is 0. The minimum Gasteiger partial charge on any atom is -0.380 e. The van der Waals surface area contributed by atoms with Gasteiger partial charge in [-0.25, -0.2) is 0 Å². The van der Waals surface area contributed by atoms with Gasteiger partial charge >= 0.3 is 0 Å². The number of hydrogen-bond donors (Lipinski definition) is 1. The monoisotopic (exact) mass is 230 g/mol. The van der Waals surface area contributed by atoms with Gasteiger partial charge in [0.15, 0.2) is 0 Å². The first-order chi connectivity index (χ1) is 7.60. The smallest absolute Gasteiger partial charge is 0.0593 e. The molecule has 0 heterocycles. The lowest BCUT2D eigenvalue weighted by atomic mass is 10.1. The molecule has 0 radical (unpaired) electrons. The Bertz CT molecular complexity index is 151. The minimum atomic E-state index is 0.579. The van der Waals surface area contributed by atoms with E-state index in [0.717, 1.165) is 51.7 Å². The Balaban J connectivity index is 3.48. The van der Waals surface area contributed by atoms with Gasteiger partial charge in [-0.05, 0) is 31.3 Å². The first-order valence-corrected chi connectivity index (χ1v) is 6.60. The number of nitrogens with zero attached hydrogens (tertiary/aromatic N) is 1. The summed E-state index contributed by atoms with van der Waals surface area (Å²) in [6.45, 7) is 14.5. The molecule has 0 aromatic carbocycles. The van der Waals surface area contributed by atoms with Crippen LogP contribution in [0, 0.1) is 11.8 Å². The Labute approximate surface area is 101 Å². The van der Waals surface area contributed by atoms with Crippen molar-refractivity contribution in [2.75, 3.05) is 39.4 Å². The second-order valence-electron chi connectivity index (χ2n) is 5.03. The fraction of sp³-hybridized carbons (Fsp3) is 1.00. The summed E-state index contributed by atoms with van der Waals surface area (Å²) in [5, 5.41) is 0. The standard InChI is InChI=1S/C13H30N2O/c1-5-15(11-13(4)10-14)7-9-16-8-6-12(2)3/h12-13H,5-11,14H2,1-4H3. The van der Waals surface area contributed by atoms with E-state index < -0.39 is 0 Å². The molecule has 2 N–H and O–H groups in total. The summed E-state index contributed by atoms with van der Waals surface area (Å²) < 4.78 is 5.62. The van der Waals surface area contributed by atoms with Crippen molar-refractivity contribution in [3.05, 3.63) is 0 Å². The SMILES string of the molecule is CCN(CCOCCC(C)C)CC(C)CN. The highest BCUT2D eigenvalue weighted by Crippen LogP contribution is 2.00. The fourth-order valence-electron chi connectivity index (χ4n) is 1.51. The van der Waals surface area contributed by atoms with Gasteiger partial charge in [0.1, 0.15) is 0 Å². The van der Waals surface area contributed by atoms with Crippen LogP contribution < -0.4 is 5.73 Å². The maximum absolute atomic E-state index is 5.63. The van der Waals surface area contributed by atoms with Gasteiger partial charge in [0, 0.05) is 19.7 Å². The average molecular weight is 230 g/mol. The number of rotatable bonds is 10. The molecular formula is C13H30N2O. The van der Waals surface area contributed by atoms with E-state index in [9.17, 15) is 0 Å². The number of hydrogen-bond acceptors (Lipinski definition) is 3. The Morgan fingerprint density at radius 2 is 1.88 bits per heavy atom. The lowest BCUT2D eigenvalue weighted by Crippen LogP contribution is -2.34. The van der Waals surface area contributed by atoms with E-state index in [1.165, 1.54) is 0 Å². The van der Waals surface area contributed by atoms with Gasteiger partial charge in [0.2, 0.25) is 0 Å². The van der Waals surface area contributed by atoms with Crippen molar-refractivity contribution in [2.45, 2.75) is 34.1 Å². The van der Waals surface area contributed by atoms with E-state index in [4.69, 9.17) is 10.5 Å². The van der Waals surface area contributed by atoms with Crippen LogP contribution in [0.1, 0.15) is 34.1 Å². The molecule has 0 saturated heterocycles. The molecule has 0 spiro atoms. The lowest BCUT2D eigenvalue weighted by Gasteiger charge is -2.23. The van der Waals surface area contributed by atoms with Crippen molar-refractivity contribution in [3.8, 4) is 0 Å². The summed E-state index contributed by atoms with van der Waals surface area (Å²) in [7, 11) is 0. The number of ether oxygens (including phenoxy) is 1. The zero-order chi connectivity index (χ0) is 12.4. The van der Waals surface area contributed by atoms with Gasteiger partial charge in [-0.3, -0.25) is 0 Å². The topological polar surface area (TPSA) is 38.5 Å². The van der Waals surface area contributed by atoms with Crippen molar-refractivity contribution >= 4 is 0 Å². The first-order valence-electron chi connectivity index (χ1n) is 6.60. The summed E-state index contributed by atoms with van der Waals surface area (Å²) in [4.78, 5) is 2.41. The van der Waals surface area contributed by atoms with Crippen LogP contribution in [0.2, 0.25) is 0 Å². The van der Waals surface area contributed by atoms with Gasteiger partial charge in [-0.2, -0.15) is 0 Å². The highest BCUT2D eigenvalue weighted by molar-refractivity contribution is 4.61. The molecule has 3 heteroatoms. The molecule has 1 unspecified atom stereocenters. The minimum absolute atomic E-state index is 0.579. The van der Waals surface area contributed by atoms with Gasteiger partial charge in [0.05, 0.1) is 6.61 Å². The Hall–Kier alpha value is -0.120. The molecule has 3 nitrogen and oxygen atoms in total. The first kappa shape index (κ1) is 15.9. The third-order valence-corrected chi connectivity index (χ3v) is 2.81. The van der Waals surface area contributed by atoms with Crippen LogP contribution in [0.25, 0.3) is 0 Å². The predicted octanol–water partition coefficient (Wildman–Crippen LogP) is 1.97. The van der Waals surface area contributed by atoms with Crippen molar-refractivity contribution in [2.24, 2.45) is 17.6 Å². The summed E-state index contributed by atoms with van der Waals surface area (Å²) in [6, 6.07) is 0. The van der Waals surface area contributed by atoms with Crippen LogP contribution in [-0.4, -0.2) is 44.3 Å². The van der Waals surface area contributed by atoms with Crippen LogP contribution in [0.3, 0.4) is 0 Å². The summed E-state index contributed by atoms with van der Waals surface area (Å²) in [6.07, 6.45) is 1.16. The molecule has 0 amide bonds. The van der Waals surface area contributed by atoms with Gasteiger partial charge < -0.3 is 15.4 Å². The third kappa shape index (κ3) is 9.13. The maximum Gasteiger partial charge on any atom is 0.0593 e. The van der Waals surface area contributed by atoms with Crippen LogP contribution in [0.4, 0.5) is 0 Å². The maximum atomic E-state index is 5.63. The van der Waals surface area contributed by atoms with Crippen molar-refractivity contribution < 1.29 is 4.74 Å². The van der Waals surface area contributed by atoms with Crippen molar-refractivity contribution in [1.29, 1.82) is 0 Å². The van der Waals surface area contributed by atoms with Crippen LogP contribution in [0.5, 0.6) is 0 Å². The highest BCUT2D eigenvalue weighted by atomic mass is 16.5. The lowest BCUT2D eigenvalue weighted by molar-refractivity contribution is 0.0936. The summed E-state index contributed by atoms with van der Waals surface area (Å²) in [5.74, 6) is 1.31. The molecule has 0 aromatic rings. The Morgan fingerprint density at radius 3 is 2.38 bits per heavy atom. The van der Waals surface area contributed by atoms with Gasteiger partial charge in [0.25, 0.3) is 0 Å². The average Bonchev–Trinajstić information content (AvgIpc) is 2.26. The molecule has 0 rings (SSSR count). The summed E-state index contributed by atoms with van der Waals surface area (Å²) in [5.41, 5.74) is 5.63. The molecule has 0 aromatic heterocycles. The van der Waals surface area contributed by atoms with Crippen LogP contribution >= 0.6 is 0 Å².